The Balaban J connectivity index is 0.551. The average molecular weight is 1260 g/mol. The number of allylic oxidation sites excluding steroid dienone is 2. The van der Waals surface area contributed by atoms with Crippen molar-refractivity contribution in [1.29, 1.82) is 0 Å². The molecule has 0 saturated heterocycles. The van der Waals surface area contributed by atoms with Gasteiger partial charge in [0.25, 0.3) is 0 Å². The topological polar surface area (TPSA) is 105 Å². The summed E-state index contributed by atoms with van der Waals surface area (Å²) in [6.07, 6.45) is 46.8. The lowest BCUT2D eigenvalue weighted by atomic mass is 9.47. The molecule has 0 heterocycles. The Labute approximate surface area is 558 Å². The van der Waals surface area contributed by atoms with E-state index in [1.807, 2.05) is 0 Å². The van der Waals surface area contributed by atoms with E-state index < -0.39 is 0 Å². The van der Waals surface area contributed by atoms with Crippen LogP contribution in [0.1, 0.15) is 300 Å². The van der Waals surface area contributed by atoms with Gasteiger partial charge in [-0.05, 0) is 244 Å². The first kappa shape index (κ1) is 70.6. The van der Waals surface area contributed by atoms with Gasteiger partial charge in [0.05, 0.1) is 0 Å². The maximum Gasteiger partial charge on any atom is 0.311 e. The normalized spacial score (nSPS) is 32.8. The molecule has 6 saturated carbocycles. The van der Waals surface area contributed by atoms with Gasteiger partial charge in [0, 0.05) is 25.7 Å². The standard InChI is InChI=1S/C84H126O8/c1-57(2)25-23-27-59(5)69-39-41-71-67-37-31-61-55-65(47-51-81(61,7)73(67)49-53-83(69,71)9)89-63-33-43-75(85)77(45-35-63)91-79(87)29-21-19-17-15-13-11-12-14-16-18-20-22-30-80(88)92-78-46-36-64(34-44-76(78)86)90-66-48-52-82(8)62(56-66)32-38-68-72-42-40-70(60(6)28-24-26-58(3)4)84(72,10)54-50-74(68)82/h31-36,43-46,57-60,65-74H,11-30,37-42,47-56H2,1-10H3/t59-,60-,65+,66+,67+,68+,69-,70-,71+,72+,73+,74+,81+,82+,83-,84-/m1/s1. The summed E-state index contributed by atoms with van der Waals surface area (Å²) in [5.41, 5.74) is 4.09. The molecule has 0 bridgehead atoms. The zero-order chi connectivity index (χ0) is 65.2. The lowest BCUT2D eigenvalue weighted by molar-refractivity contribution is -0.135. The van der Waals surface area contributed by atoms with E-state index in [0.717, 1.165) is 161 Å². The maximum absolute atomic E-state index is 13.1. The molecule has 510 valence electrons. The highest BCUT2D eigenvalue weighted by Gasteiger charge is 2.61. The Hall–Kier alpha value is -4.20. The molecule has 10 rings (SSSR count). The van der Waals surface area contributed by atoms with Crippen LogP contribution in [0.25, 0.3) is 0 Å². The fourth-order valence-electron chi connectivity index (χ4n) is 21.9. The molecule has 0 N–H and O–H groups in total. The zero-order valence-corrected chi connectivity index (χ0v) is 59.6. The molecule has 16 atom stereocenters. The molecule has 8 nitrogen and oxygen atoms in total. The summed E-state index contributed by atoms with van der Waals surface area (Å²) in [5, 5.41) is 0. The van der Waals surface area contributed by atoms with Crippen LogP contribution < -0.4 is 29.8 Å². The van der Waals surface area contributed by atoms with Crippen molar-refractivity contribution in [2.45, 2.75) is 313 Å². The molecule has 0 aromatic heterocycles. The molecule has 0 radical (unpaired) electrons. The van der Waals surface area contributed by atoms with Crippen molar-refractivity contribution < 1.29 is 28.5 Å². The van der Waals surface area contributed by atoms with Crippen LogP contribution in [-0.2, 0) is 9.59 Å². The van der Waals surface area contributed by atoms with Crippen LogP contribution in [0.4, 0.5) is 0 Å². The molecule has 0 amide bonds. The van der Waals surface area contributed by atoms with Gasteiger partial charge in [0.2, 0.25) is 10.9 Å². The van der Waals surface area contributed by atoms with Crippen LogP contribution in [0.5, 0.6) is 23.0 Å². The molecule has 2 aromatic rings. The second-order valence-electron chi connectivity index (χ2n) is 33.8. The number of rotatable bonds is 31. The molecule has 0 aliphatic heterocycles. The minimum absolute atomic E-state index is 0.0698. The maximum atomic E-state index is 13.1. The molecule has 8 aliphatic carbocycles. The Morgan fingerprint density at radius 3 is 1.17 bits per heavy atom. The van der Waals surface area contributed by atoms with Crippen molar-refractivity contribution in [3.8, 4) is 23.0 Å². The van der Waals surface area contributed by atoms with Crippen molar-refractivity contribution in [3.63, 3.8) is 0 Å². The van der Waals surface area contributed by atoms with Gasteiger partial charge in [0.15, 0.2) is 11.5 Å². The van der Waals surface area contributed by atoms with E-state index in [-0.39, 0.29) is 57.3 Å². The number of ether oxygens (including phenoxy) is 4. The Bertz CT molecular complexity index is 2760. The first-order valence-corrected chi connectivity index (χ1v) is 38.6. The van der Waals surface area contributed by atoms with Crippen LogP contribution >= 0.6 is 0 Å². The number of hydrogen-bond donors (Lipinski definition) is 0. The van der Waals surface area contributed by atoms with Crippen LogP contribution in [-0.4, -0.2) is 24.1 Å². The van der Waals surface area contributed by atoms with Gasteiger partial charge in [-0.25, -0.2) is 0 Å². The number of esters is 2. The molecule has 92 heavy (non-hydrogen) atoms. The smallest absolute Gasteiger partial charge is 0.311 e. The first-order valence-electron chi connectivity index (χ1n) is 38.6. The Morgan fingerprint density at radius 1 is 0.424 bits per heavy atom. The number of carbonyl (C=O) groups is 2. The Kier molecular flexibility index (Phi) is 24.4. The summed E-state index contributed by atoms with van der Waals surface area (Å²) in [4.78, 5) is 51.9. The van der Waals surface area contributed by atoms with Gasteiger partial charge in [-0.2, -0.15) is 0 Å². The van der Waals surface area contributed by atoms with Gasteiger partial charge in [-0.15, -0.1) is 0 Å². The Morgan fingerprint density at radius 2 is 0.793 bits per heavy atom. The molecule has 8 aliphatic rings. The van der Waals surface area contributed by atoms with Crippen molar-refractivity contribution in [1.82, 2.24) is 0 Å². The fourth-order valence-corrected chi connectivity index (χ4v) is 21.9. The minimum atomic E-state index is -0.354. The first-order chi connectivity index (χ1) is 44.2. The molecule has 2 aromatic carbocycles. The van der Waals surface area contributed by atoms with Gasteiger partial charge >= 0.3 is 11.9 Å². The molecule has 6 fully saturated rings. The minimum Gasteiger partial charge on any atom is -0.490 e. The second-order valence-corrected chi connectivity index (χ2v) is 33.8. The van der Waals surface area contributed by atoms with E-state index >= 15 is 0 Å². The third kappa shape index (κ3) is 16.6. The summed E-state index contributed by atoms with van der Waals surface area (Å²) in [5.74, 6) is 10.6. The van der Waals surface area contributed by atoms with Gasteiger partial charge in [-0.1, -0.05) is 195 Å². The van der Waals surface area contributed by atoms with Crippen LogP contribution in [0.3, 0.4) is 0 Å². The third-order valence-electron chi connectivity index (χ3n) is 27.2. The highest BCUT2D eigenvalue weighted by molar-refractivity contribution is 5.72. The number of hydrogen-bond acceptors (Lipinski definition) is 8. The van der Waals surface area contributed by atoms with E-state index in [2.05, 4.69) is 81.4 Å². The summed E-state index contributed by atoms with van der Waals surface area (Å²) in [7, 11) is 0. The molecule has 8 heteroatoms. The lowest BCUT2D eigenvalue weighted by Crippen LogP contribution is -2.51. The van der Waals surface area contributed by atoms with Crippen LogP contribution in [0.2, 0.25) is 0 Å². The van der Waals surface area contributed by atoms with Crippen molar-refractivity contribution in [2.75, 3.05) is 0 Å². The highest BCUT2D eigenvalue weighted by Crippen LogP contribution is 2.69. The largest absolute Gasteiger partial charge is 0.490 e. The molecule has 0 spiro atoms. The van der Waals surface area contributed by atoms with E-state index in [0.29, 0.717) is 35.2 Å². The van der Waals surface area contributed by atoms with E-state index in [9.17, 15) is 19.2 Å². The summed E-state index contributed by atoms with van der Waals surface area (Å²) in [6.45, 7) is 25.1. The van der Waals surface area contributed by atoms with E-state index in [1.165, 1.54) is 141 Å². The van der Waals surface area contributed by atoms with Gasteiger partial charge in [-0.3, -0.25) is 19.2 Å². The molecule has 0 unspecified atom stereocenters. The van der Waals surface area contributed by atoms with E-state index in [4.69, 9.17) is 18.9 Å². The highest BCUT2D eigenvalue weighted by atomic mass is 16.5. The number of unbranched alkanes of at least 4 members (excludes halogenated alkanes) is 11. The number of fused-ring (bicyclic) bond motifs is 10. The molecular weight excluding hydrogens is 1140 g/mol. The third-order valence-corrected chi connectivity index (χ3v) is 27.2. The predicted molar refractivity (Wildman–Crippen MR) is 376 cm³/mol. The average Bonchev–Trinajstić information content (AvgIpc) is 1.19. The predicted octanol–water partition coefficient (Wildman–Crippen LogP) is 22.0. The monoisotopic (exact) mass is 1260 g/mol. The second kappa shape index (κ2) is 31.8. The summed E-state index contributed by atoms with van der Waals surface area (Å²) >= 11 is 0. The SMILES string of the molecule is CC(C)CCC[C@@H](C)[C@H]1CC[C@H]2[C@@H]3CC=C4C[C@@H](Oc5ccc(OC(=O)CCCCCCCCCCCCCCC(=O)Oc6ccc(O[C@H]7CC[C@@]8(C)C(=CC[C@H]9[C@@H]%10CC[C@H]([C@H](C)CCCC(C)C)[C@@]%10(C)CC[C@@H]98)C7)ccc6=O)c(=O)cc5)CC[C@]4(C)[C@H]3CC[C@]12C. The van der Waals surface area contributed by atoms with Gasteiger partial charge < -0.3 is 18.9 Å². The van der Waals surface area contributed by atoms with Gasteiger partial charge in [0.1, 0.15) is 23.7 Å². The van der Waals surface area contributed by atoms with E-state index in [1.54, 1.807) is 47.5 Å². The van der Waals surface area contributed by atoms with Crippen LogP contribution in [0.15, 0.2) is 81.4 Å². The summed E-state index contributed by atoms with van der Waals surface area (Å²) in [6, 6.07) is 13.3. The van der Waals surface area contributed by atoms with Crippen LogP contribution in [0, 0.1) is 92.7 Å². The molecular formula is C84H126O8. The fraction of sp³-hybridized carbons (Fsp3) is 0.762. The van der Waals surface area contributed by atoms with Crippen molar-refractivity contribution in [3.05, 3.63) is 92.3 Å². The number of carbonyl (C=O) groups excluding carboxylic acids is 2. The summed E-state index contributed by atoms with van der Waals surface area (Å²) < 4.78 is 24.5. The quantitative estimate of drug-likeness (QED) is 0.0418. The van der Waals surface area contributed by atoms with Crippen molar-refractivity contribution >= 4 is 11.9 Å². The zero-order valence-electron chi connectivity index (χ0n) is 59.6. The lowest BCUT2D eigenvalue weighted by Gasteiger charge is -2.58. The van der Waals surface area contributed by atoms with Crippen molar-refractivity contribution in [2.24, 2.45) is 92.7 Å².